The Morgan fingerprint density at radius 1 is 1.05 bits per heavy atom. The first-order valence-electron chi connectivity index (χ1n) is 6.90. The fraction of sp³-hybridized carbons (Fsp3) is 0.375. The summed E-state index contributed by atoms with van der Waals surface area (Å²) in [5.74, 6) is -0.174. The van der Waals surface area contributed by atoms with Crippen LogP contribution in [-0.2, 0) is 9.59 Å². The zero-order valence-electron chi connectivity index (χ0n) is 11.3. The molecule has 0 fully saturated rings. The van der Waals surface area contributed by atoms with Gasteiger partial charge in [-0.1, -0.05) is 32.4 Å². The maximum absolute atomic E-state index is 12.6. The number of rotatable bonds is 3. The predicted molar refractivity (Wildman–Crippen MR) is 73.9 cm³/mol. The van der Waals surface area contributed by atoms with Gasteiger partial charge in [0, 0.05) is 17.1 Å². The first-order valence-corrected chi connectivity index (χ1v) is 6.90. The summed E-state index contributed by atoms with van der Waals surface area (Å²) in [5, 5.41) is 0. The van der Waals surface area contributed by atoms with Gasteiger partial charge in [-0.3, -0.25) is 9.59 Å². The number of fused-ring (bicyclic) bond motifs is 2. The van der Waals surface area contributed by atoms with Crippen LogP contribution in [0.2, 0.25) is 0 Å². The van der Waals surface area contributed by atoms with Crippen LogP contribution in [0.5, 0.6) is 0 Å². The van der Waals surface area contributed by atoms with Gasteiger partial charge >= 0.3 is 0 Å². The second-order valence-electron chi connectivity index (χ2n) is 5.14. The highest BCUT2D eigenvalue weighted by atomic mass is 16.2. The highest BCUT2D eigenvalue weighted by Crippen LogP contribution is 2.41. The van der Waals surface area contributed by atoms with E-state index >= 15 is 0 Å². The van der Waals surface area contributed by atoms with E-state index in [-0.39, 0.29) is 17.7 Å². The molecule has 98 valence electrons. The topological polar surface area (TPSA) is 37.4 Å². The first kappa shape index (κ1) is 12.2. The molecule has 1 aromatic rings. The monoisotopic (exact) mass is 255 g/mol. The quantitative estimate of drug-likeness (QED) is 0.778. The zero-order valence-corrected chi connectivity index (χ0v) is 11.3. The molecule has 0 spiro atoms. The summed E-state index contributed by atoms with van der Waals surface area (Å²) in [6, 6.07) is 7.81. The van der Waals surface area contributed by atoms with Crippen LogP contribution >= 0.6 is 0 Å². The molecule has 4 bridgehead atoms. The van der Waals surface area contributed by atoms with E-state index in [0.29, 0.717) is 12.1 Å². The summed E-state index contributed by atoms with van der Waals surface area (Å²) < 4.78 is 0. The number of nitrogens with zero attached hydrogens (tertiary/aromatic N) is 1. The molecule has 0 saturated heterocycles. The second kappa shape index (κ2) is 4.34. The van der Waals surface area contributed by atoms with E-state index in [9.17, 15) is 9.59 Å². The number of carbonyl (C=O) groups is 2. The van der Waals surface area contributed by atoms with Gasteiger partial charge in [0.2, 0.25) is 0 Å². The molecule has 3 aliphatic heterocycles. The number of anilines is 1. The molecule has 3 nitrogen and oxygen atoms in total. The van der Waals surface area contributed by atoms with E-state index in [4.69, 9.17) is 0 Å². The van der Waals surface area contributed by atoms with Crippen molar-refractivity contribution < 1.29 is 9.59 Å². The maximum atomic E-state index is 12.6. The van der Waals surface area contributed by atoms with Crippen molar-refractivity contribution in [3.05, 3.63) is 41.0 Å². The molecule has 1 unspecified atom stereocenters. The molecule has 0 radical (unpaired) electrons. The minimum Gasteiger partial charge on any atom is -0.269 e. The first-order chi connectivity index (χ1) is 9.19. The SMILES string of the molecule is CCCC1=C2C(=O)N(C1=O)c1ccc(cc1)C2CC. The lowest BCUT2D eigenvalue weighted by Crippen LogP contribution is -2.33. The molecule has 19 heavy (non-hydrogen) atoms. The number of carbonyl (C=O) groups excluding carboxylic acids is 2. The number of hydrogen-bond donors (Lipinski definition) is 0. The Bertz CT molecular complexity index is 583. The highest BCUT2D eigenvalue weighted by molar-refractivity contribution is 6.33. The van der Waals surface area contributed by atoms with Crippen molar-refractivity contribution in [2.24, 2.45) is 0 Å². The standard InChI is InChI=1S/C16H17NO2/c1-3-5-13-14-12(4-2)10-6-8-11(9-7-10)17(15(13)18)16(14)19/h6-9,12H,3-5H2,1-2H3. The molecule has 1 aromatic carbocycles. The van der Waals surface area contributed by atoms with Crippen molar-refractivity contribution in [3.8, 4) is 0 Å². The van der Waals surface area contributed by atoms with E-state index < -0.39 is 0 Å². The van der Waals surface area contributed by atoms with Crippen molar-refractivity contribution in [3.63, 3.8) is 0 Å². The third-order valence-electron chi connectivity index (χ3n) is 4.03. The Hall–Kier alpha value is -1.90. The van der Waals surface area contributed by atoms with Crippen LogP contribution in [0.4, 0.5) is 5.69 Å². The van der Waals surface area contributed by atoms with E-state index in [1.807, 2.05) is 31.2 Å². The van der Waals surface area contributed by atoms with E-state index in [2.05, 4.69) is 6.92 Å². The Labute approximate surface area is 112 Å². The molecule has 3 aliphatic rings. The van der Waals surface area contributed by atoms with Crippen molar-refractivity contribution in [1.29, 1.82) is 0 Å². The smallest absolute Gasteiger partial charge is 0.262 e. The van der Waals surface area contributed by atoms with Crippen LogP contribution < -0.4 is 4.90 Å². The Morgan fingerprint density at radius 2 is 1.74 bits per heavy atom. The van der Waals surface area contributed by atoms with Crippen LogP contribution in [0.25, 0.3) is 0 Å². The summed E-state index contributed by atoms with van der Waals surface area (Å²) in [5.41, 5.74) is 3.28. The summed E-state index contributed by atoms with van der Waals surface area (Å²) in [6.07, 6.45) is 2.41. The fourth-order valence-electron chi connectivity index (χ4n) is 3.14. The van der Waals surface area contributed by atoms with Crippen molar-refractivity contribution in [1.82, 2.24) is 0 Å². The molecule has 3 heterocycles. The lowest BCUT2D eigenvalue weighted by molar-refractivity contribution is -0.120. The third-order valence-corrected chi connectivity index (χ3v) is 4.03. The van der Waals surface area contributed by atoms with Gasteiger partial charge in [-0.25, -0.2) is 4.90 Å². The molecule has 3 heteroatoms. The summed E-state index contributed by atoms with van der Waals surface area (Å²) in [4.78, 5) is 26.4. The van der Waals surface area contributed by atoms with Gasteiger partial charge in [-0.05, 0) is 30.5 Å². The lowest BCUT2D eigenvalue weighted by atomic mass is 9.85. The van der Waals surface area contributed by atoms with Gasteiger partial charge in [0.15, 0.2) is 0 Å². The van der Waals surface area contributed by atoms with Crippen molar-refractivity contribution >= 4 is 17.5 Å². The summed E-state index contributed by atoms with van der Waals surface area (Å²) >= 11 is 0. The van der Waals surface area contributed by atoms with Crippen LogP contribution in [0.1, 0.15) is 44.6 Å². The average Bonchev–Trinajstić information content (AvgIpc) is 2.68. The van der Waals surface area contributed by atoms with Crippen molar-refractivity contribution in [2.75, 3.05) is 4.90 Å². The third kappa shape index (κ3) is 1.57. The molecule has 1 atom stereocenters. The second-order valence-corrected chi connectivity index (χ2v) is 5.14. The van der Waals surface area contributed by atoms with Crippen molar-refractivity contribution in [2.45, 2.75) is 39.0 Å². The van der Waals surface area contributed by atoms with Crippen LogP contribution in [0, 0.1) is 0 Å². The maximum Gasteiger partial charge on any atom is 0.262 e. The Morgan fingerprint density at radius 3 is 2.32 bits per heavy atom. The number of imide groups is 1. The fourth-order valence-corrected chi connectivity index (χ4v) is 3.14. The normalized spacial score (nSPS) is 21.2. The van der Waals surface area contributed by atoms with Crippen LogP contribution in [0.3, 0.4) is 0 Å². The molecule has 0 N–H and O–H groups in total. The largest absolute Gasteiger partial charge is 0.269 e. The van der Waals surface area contributed by atoms with E-state index in [1.165, 1.54) is 4.90 Å². The Kier molecular flexibility index (Phi) is 2.77. The predicted octanol–water partition coefficient (Wildman–Crippen LogP) is 3.16. The van der Waals surface area contributed by atoms with Gasteiger partial charge in [-0.15, -0.1) is 0 Å². The van der Waals surface area contributed by atoms with Gasteiger partial charge < -0.3 is 0 Å². The lowest BCUT2D eigenvalue weighted by Gasteiger charge is -2.23. The molecule has 2 amide bonds. The number of benzene rings is 1. The molecule has 0 aromatic heterocycles. The van der Waals surface area contributed by atoms with Crippen LogP contribution in [-0.4, -0.2) is 11.8 Å². The van der Waals surface area contributed by atoms with E-state index in [1.54, 1.807) is 0 Å². The van der Waals surface area contributed by atoms with Gasteiger partial charge in [0.25, 0.3) is 11.8 Å². The highest BCUT2D eigenvalue weighted by Gasteiger charge is 2.42. The minimum atomic E-state index is -0.118. The molecular formula is C16H17NO2. The number of hydrogen-bond acceptors (Lipinski definition) is 2. The Balaban J connectivity index is 2.26. The zero-order chi connectivity index (χ0) is 13.6. The molecule has 0 aliphatic carbocycles. The molecule has 0 saturated carbocycles. The van der Waals surface area contributed by atoms with Crippen LogP contribution in [0.15, 0.2) is 35.4 Å². The summed E-state index contributed by atoms with van der Waals surface area (Å²) in [7, 11) is 0. The number of amides is 2. The van der Waals surface area contributed by atoms with Gasteiger partial charge in [-0.2, -0.15) is 0 Å². The minimum absolute atomic E-state index is 0.0531. The molecule has 4 rings (SSSR count). The van der Waals surface area contributed by atoms with Gasteiger partial charge in [0.1, 0.15) is 0 Å². The average molecular weight is 255 g/mol. The van der Waals surface area contributed by atoms with E-state index in [0.717, 1.165) is 29.6 Å². The molecular weight excluding hydrogens is 238 g/mol. The summed E-state index contributed by atoms with van der Waals surface area (Å²) in [6.45, 7) is 4.11. The van der Waals surface area contributed by atoms with Gasteiger partial charge in [0.05, 0.1) is 5.69 Å².